The number of nitrogens with one attached hydrogen (secondary N) is 1. The van der Waals surface area contributed by atoms with Gasteiger partial charge in [0.05, 0.1) is 18.1 Å². The molecule has 0 fully saturated rings. The normalized spacial score (nSPS) is 11.3. The van der Waals surface area contributed by atoms with Gasteiger partial charge in [0.25, 0.3) is 0 Å². The van der Waals surface area contributed by atoms with E-state index in [0.717, 1.165) is 40.4 Å². The van der Waals surface area contributed by atoms with Gasteiger partial charge in [-0.1, -0.05) is 13.8 Å². The highest BCUT2D eigenvalue weighted by atomic mass is 32.1. The molecule has 0 saturated carbocycles. The van der Waals surface area contributed by atoms with Crippen LogP contribution in [0.3, 0.4) is 0 Å². The molecule has 18 heavy (non-hydrogen) atoms. The third-order valence-electron chi connectivity index (χ3n) is 3.14. The highest BCUT2D eigenvalue weighted by molar-refractivity contribution is 7.71. The fourth-order valence-corrected chi connectivity index (χ4v) is 2.45. The molecule has 0 radical (unpaired) electrons. The van der Waals surface area contributed by atoms with Crippen molar-refractivity contribution in [3.05, 3.63) is 23.0 Å². The van der Waals surface area contributed by atoms with E-state index >= 15 is 0 Å². The molecule has 3 nitrogen and oxygen atoms in total. The van der Waals surface area contributed by atoms with Crippen molar-refractivity contribution in [3.8, 4) is 5.75 Å². The first kappa shape index (κ1) is 13.1. The number of hydrogen-bond donors (Lipinski definition) is 1. The van der Waals surface area contributed by atoms with E-state index in [1.165, 1.54) is 6.42 Å². The molecule has 98 valence electrons. The fourth-order valence-electron chi connectivity index (χ4n) is 2.15. The Labute approximate surface area is 113 Å². The maximum atomic E-state index is 5.38. The van der Waals surface area contributed by atoms with Gasteiger partial charge in [-0.05, 0) is 43.1 Å². The maximum absolute atomic E-state index is 5.38. The Morgan fingerprint density at radius 2 is 2.17 bits per heavy atom. The van der Waals surface area contributed by atoms with Crippen molar-refractivity contribution in [1.29, 1.82) is 0 Å². The summed E-state index contributed by atoms with van der Waals surface area (Å²) in [6.45, 7) is 5.47. The number of H-pyrrole nitrogens is 1. The summed E-state index contributed by atoms with van der Waals surface area (Å²) in [4.78, 5) is 3.24. The summed E-state index contributed by atoms with van der Waals surface area (Å²) < 4.78 is 8.19. The summed E-state index contributed by atoms with van der Waals surface area (Å²) in [5, 5.41) is 0. The zero-order valence-electron chi connectivity index (χ0n) is 11.2. The number of methoxy groups -OCH3 is 1. The van der Waals surface area contributed by atoms with Crippen LogP contribution in [0.2, 0.25) is 0 Å². The summed E-state index contributed by atoms with van der Waals surface area (Å²) in [5.74, 6) is 1.59. The molecule has 0 unspecified atom stereocenters. The molecule has 0 spiro atoms. The van der Waals surface area contributed by atoms with E-state index in [1.807, 2.05) is 12.1 Å². The molecule has 0 bridgehead atoms. The Morgan fingerprint density at radius 3 is 2.83 bits per heavy atom. The van der Waals surface area contributed by atoms with Gasteiger partial charge in [-0.3, -0.25) is 0 Å². The molecule has 1 heterocycles. The van der Waals surface area contributed by atoms with Gasteiger partial charge in [0.15, 0.2) is 4.77 Å². The SMILES string of the molecule is COc1ccc2c(c1)[nH]c(=S)n2CCCC(C)C. The zero-order valence-corrected chi connectivity index (χ0v) is 12.0. The summed E-state index contributed by atoms with van der Waals surface area (Å²) >= 11 is 5.38. The molecule has 0 aliphatic heterocycles. The van der Waals surface area contributed by atoms with Crippen LogP contribution in [0, 0.1) is 10.7 Å². The van der Waals surface area contributed by atoms with E-state index in [9.17, 15) is 0 Å². The van der Waals surface area contributed by atoms with E-state index in [2.05, 4.69) is 29.5 Å². The Morgan fingerprint density at radius 1 is 1.39 bits per heavy atom. The van der Waals surface area contributed by atoms with Gasteiger partial charge < -0.3 is 14.3 Å². The number of fused-ring (bicyclic) bond motifs is 1. The molecule has 2 rings (SSSR count). The number of nitrogens with zero attached hydrogens (tertiary/aromatic N) is 1. The third-order valence-corrected chi connectivity index (χ3v) is 3.47. The van der Waals surface area contributed by atoms with E-state index in [1.54, 1.807) is 7.11 Å². The predicted octanol–water partition coefficient (Wildman–Crippen LogP) is 4.14. The van der Waals surface area contributed by atoms with Crippen LogP contribution in [0.1, 0.15) is 26.7 Å². The van der Waals surface area contributed by atoms with Crippen molar-refractivity contribution < 1.29 is 4.74 Å². The molecular formula is C14H20N2OS. The second-order valence-electron chi connectivity index (χ2n) is 5.00. The second-order valence-corrected chi connectivity index (χ2v) is 5.39. The molecule has 0 aliphatic rings. The van der Waals surface area contributed by atoms with Crippen LogP contribution in [-0.4, -0.2) is 16.7 Å². The van der Waals surface area contributed by atoms with Crippen LogP contribution in [0.15, 0.2) is 18.2 Å². The van der Waals surface area contributed by atoms with Crippen LogP contribution in [0.25, 0.3) is 11.0 Å². The predicted molar refractivity (Wildman–Crippen MR) is 77.7 cm³/mol. The molecule has 0 atom stereocenters. The van der Waals surface area contributed by atoms with Gasteiger partial charge >= 0.3 is 0 Å². The van der Waals surface area contributed by atoms with Crippen LogP contribution >= 0.6 is 12.2 Å². The Bertz CT molecular complexity index is 583. The van der Waals surface area contributed by atoms with E-state index in [4.69, 9.17) is 17.0 Å². The first-order valence-electron chi connectivity index (χ1n) is 6.38. The van der Waals surface area contributed by atoms with Crippen molar-refractivity contribution in [1.82, 2.24) is 9.55 Å². The summed E-state index contributed by atoms with van der Waals surface area (Å²) in [5.41, 5.74) is 2.20. The molecule has 0 amide bonds. The maximum Gasteiger partial charge on any atom is 0.178 e. The fraction of sp³-hybridized carbons (Fsp3) is 0.500. The first-order valence-corrected chi connectivity index (χ1v) is 6.79. The molecule has 2 aromatic rings. The van der Waals surface area contributed by atoms with Crippen molar-refractivity contribution in [2.24, 2.45) is 5.92 Å². The Hall–Kier alpha value is -1.29. The largest absolute Gasteiger partial charge is 0.497 e. The number of ether oxygens (including phenoxy) is 1. The van der Waals surface area contributed by atoms with Gasteiger partial charge in [0, 0.05) is 12.6 Å². The molecule has 0 saturated heterocycles. The van der Waals surface area contributed by atoms with Gasteiger partial charge in [-0.25, -0.2) is 0 Å². The summed E-state index contributed by atoms with van der Waals surface area (Å²) in [6, 6.07) is 6.03. The number of benzene rings is 1. The zero-order chi connectivity index (χ0) is 13.1. The van der Waals surface area contributed by atoms with Crippen molar-refractivity contribution in [2.75, 3.05) is 7.11 Å². The number of hydrogen-bond acceptors (Lipinski definition) is 2. The highest BCUT2D eigenvalue weighted by Crippen LogP contribution is 2.21. The van der Waals surface area contributed by atoms with Gasteiger partial charge in [0.1, 0.15) is 5.75 Å². The Kier molecular flexibility index (Phi) is 4.07. The number of aryl methyl sites for hydroxylation is 1. The second kappa shape index (κ2) is 5.57. The lowest BCUT2D eigenvalue weighted by molar-refractivity contribution is 0.415. The lowest BCUT2D eigenvalue weighted by atomic mass is 10.1. The number of imidazole rings is 1. The standard InChI is InChI=1S/C14H20N2OS/c1-10(2)5-4-8-16-13-7-6-11(17-3)9-12(13)15-14(16)18/h6-7,9-10H,4-5,8H2,1-3H3,(H,15,18). The van der Waals surface area contributed by atoms with Crippen LogP contribution in [0.5, 0.6) is 5.75 Å². The van der Waals surface area contributed by atoms with Crippen molar-refractivity contribution >= 4 is 23.3 Å². The molecular weight excluding hydrogens is 244 g/mol. The average molecular weight is 264 g/mol. The van der Waals surface area contributed by atoms with Gasteiger partial charge in [-0.15, -0.1) is 0 Å². The summed E-state index contributed by atoms with van der Waals surface area (Å²) in [7, 11) is 1.68. The number of aromatic nitrogens is 2. The lowest BCUT2D eigenvalue weighted by Gasteiger charge is -2.07. The molecule has 1 aromatic carbocycles. The number of aromatic amines is 1. The third kappa shape index (κ3) is 2.75. The monoisotopic (exact) mass is 264 g/mol. The van der Waals surface area contributed by atoms with E-state index in [0.29, 0.717) is 0 Å². The highest BCUT2D eigenvalue weighted by Gasteiger charge is 2.05. The molecule has 1 N–H and O–H groups in total. The van der Waals surface area contributed by atoms with Gasteiger partial charge in [0.2, 0.25) is 0 Å². The molecule has 4 heteroatoms. The summed E-state index contributed by atoms with van der Waals surface area (Å²) in [6.07, 6.45) is 2.38. The Balaban J connectivity index is 2.27. The van der Waals surface area contributed by atoms with Crippen LogP contribution < -0.4 is 4.74 Å². The molecule has 0 aliphatic carbocycles. The minimum Gasteiger partial charge on any atom is -0.497 e. The number of rotatable bonds is 5. The van der Waals surface area contributed by atoms with Crippen LogP contribution in [0.4, 0.5) is 0 Å². The van der Waals surface area contributed by atoms with E-state index < -0.39 is 0 Å². The average Bonchev–Trinajstić information content (AvgIpc) is 2.64. The first-order chi connectivity index (χ1) is 8.61. The quantitative estimate of drug-likeness (QED) is 0.822. The topological polar surface area (TPSA) is 29.9 Å². The molecule has 1 aromatic heterocycles. The van der Waals surface area contributed by atoms with E-state index in [-0.39, 0.29) is 0 Å². The van der Waals surface area contributed by atoms with Crippen molar-refractivity contribution in [3.63, 3.8) is 0 Å². The van der Waals surface area contributed by atoms with Crippen LogP contribution in [-0.2, 0) is 6.54 Å². The minimum atomic E-state index is 0.740. The lowest BCUT2D eigenvalue weighted by Crippen LogP contribution is -1.99. The van der Waals surface area contributed by atoms with Crippen molar-refractivity contribution in [2.45, 2.75) is 33.2 Å². The van der Waals surface area contributed by atoms with Gasteiger partial charge in [-0.2, -0.15) is 0 Å². The minimum absolute atomic E-state index is 0.740. The smallest absolute Gasteiger partial charge is 0.178 e.